The molecule has 3 aromatic rings. The van der Waals surface area contributed by atoms with Crippen LogP contribution in [-0.2, 0) is 0 Å². The number of nitrogen functional groups attached to an aromatic ring is 1. The molecule has 0 saturated carbocycles. The van der Waals surface area contributed by atoms with E-state index < -0.39 is 0 Å². The van der Waals surface area contributed by atoms with Crippen molar-refractivity contribution < 1.29 is 4.74 Å². The molecule has 0 unspecified atom stereocenters. The lowest BCUT2D eigenvalue weighted by Crippen LogP contribution is -1.92. The number of nitrogens with zero attached hydrogens (tertiary/aromatic N) is 1. The standard InChI is InChI=1S/C16H13ClN2OS/c1-20-12-9-5-8-11(17)13(12)14-15(18)21-16(19-14)10-6-3-2-4-7-10/h2-9H,18H2,1H3. The van der Waals surface area contributed by atoms with E-state index in [1.165, 1.54) is 11.3 Å². The van der Waals surface area contributed by atoms with Crippen molar-refractivity contribution in [2.75, 3.05) is 12.8 Å². The fraction of sp³-hybridized carbons (Fsp3) is 0.0625. The number of nitrogens with two attached hydrogens (primary N) is 1. The van der Waals surface area contributed by atoms with Gasteiger partial charge in [0.2, 0.25) is 0 Å². The molecule has 0 saturated heterocycles. The van der Waals surface area contributed by atoms with E-state index in [2.05, 4.69) is 4.98 Å². The number of ether oxygens (including phenoxy) is 1. The van der Waals surface area contributed by atoms with Gasteiger partial charge in [-0.2, -0.15) is 0 Å². The van der Waals surface area contributed by atoms with Gasteiger partial charge in [-0.3, -0.25) is 0 Å². The molecule has 3 rings (SSSR count). The molecule has 2 aromatic carbocycles. The Balaban J connectivity index is 2.15. The molecule has 1 heterocycles. The normalized spacial score (nSPS) is 10.6. The summed E-state index contributed by atoms with van der Waals surface area (Å²) in [7, 11) is 1.61. The number of halogens is 1. The minimum absolute atomic E-state index is 0.575. The van der Waals surface area contributed by atoms with Gasteiger partial charge >= 0.3 is 0 Å². The number of methoxy groups -OCH3 is 1. The molecule has 0 atom stereocenters. The first-order chi connectivity index (χ1) is 10.2. The highest BCUT2D eigenvalue weighted by Crippen LogP contribution is 2.42. The zero-order valence-electron chi connectivity index (χ0n) is 11.3. The Kier molecular flexibility index (Phi) is 3.82. The van der Waals surface area contributed by atoms with Crippen molar-refractivity contribution in [2.45, 2.75) is 0 Å². The van der Waals surface area contributed by atoms with Gasteiger partial charge in [0, 0.05) is 5.56 Å². The second-order valence-electron chi connectivity index (χ2n) is 4.41. The van der Waals surface area contributed by atoms with E-state index in [1.54, 1.807) is 13.2 Å². The van der Waals surface area contributed by atoms with Gasteiger partial charge in [-0.25, -0.2) is 4.98 Å². The summed E-state index contributed by atoms with van der Waals surface area (Å²) in [5.41, 5.74) is 8.58. The summed E-state index contributed by atoms with van der Waals surface area (Å²) in [4.78, 5) is 4.65. The van der Waals surface area contributed by atoms with Crippen LogP contribution in [0.3, 0.4) is 0 Å². The van der Waals surface area contributed by atoms with Crippen LogP contribution < -0.4 is 10.5 Å². The van der Waals surface area contributed by atoms with E-state index in [4.69, 9.17) is 22.1 Å². The SMILES string of the molecule is COc1cccc(Cl)c1-c1nc(-c2ccccc2)sc1N. The Morgan fingerprint density at radius 1 is 1.10 bits per heavy atom. The number of rotatable bonds is 3. The van der Waals surface area contributed by atoms with Crippen LogP contribution in [0, 0.1) is 0 Å². The first-order valence-corrected chi connectivity index (χ1v) is 7.54. The zero-order valence-corrected chi connectivity index (χ0v) is 12.9. The van der Waals surface area contributed by atoms with Gasteiger partial charge in [0.1, 0.15) is 21.5 Å². The van der Waals surface area contributed by atoms with Crippen LogP contribution in [0.5, 0.6) is 5.75 Å². The average molecular weight is 317 g/mol. The Hall–Kier alpha value is -2.04. The van der Waals surface area contributed by atoms with Gasteiger partial charge in [0.15, 0.2) is 0 Å². The lowest BCUT2D eigenvalue weighted by atomic mass is 10.1. The van der Waals surface area contributed by atoms with Gasteiger partial charge in [-0.05, 0) is 12.1 Å². The molecule has 3 nitrogen and oxygen atoms in total. The van der Waals surface area contributed by atoms with E-state index in [9.17, 15) is 0 Å². The van der Waals surface area contributed by atoms with Crippen LogP contribution in [0.4, 0.5) is 5.00 Å². The van der Waals surface area contributed by atoms with Crippen LogP contribution in [-0.4, -0.2) is 12.1 Å². The summed E-state index contributed by atoms with van der Waals surface area (Å²) in [5.74, 6) is 0.666. The quantitative estimate of drug-likeness (QED) is 0.760. The van der Waals surface area contributed by atoms with E-state index in [1.807, 2.05) is 42.5 Å². The Labute approximate surface area is 132 Å². The van der Waals surface area contributed by atoms with Crippen LogP contribution in [0.2, 0.25) is 5.02 Å². The molecule has 0 amide bonds. The highest BCUT2D eigenvalue weighted by Gasteiger charge is 2.18. The van der Waals surface area contributed by atoms with E-state index in [-0.39, 0.29) is 0 Å². The molecule has 0 aliphatic heterocycles. The van der Waals surface area contributed by atoms with Gasteiger partial charge in [0.25, 0.3) is 0 Å². The third kappa shape index (κ3) is 2.60. The number of thiazole rings is 1. The minimum Gasteiger partial charge on any atom is -0.496 e. The third-order valence-corrected chi connectivity index (χ3v) is 4.35. The van der Waals surface area contributed by atoms with Crippen molar-refractivity contribution in [2.24, 2.45) is 0 Å². The molecule has 106 valence electrons. The van der Waals surface area contributed by atoms with Crippen molar-refractivity contribution >= 4 is 27.9 Å². The summed E-state index contributed by atoms with van der Waals surface area (Å²) >= 11 is 7.74. The molecular formula is C16H13ClN2OS. The minimum atomic E-state index is 0.575. The van der Waals surface area contributed by atoms with Gasteiger partial charge < -0.3 is 10.5 Å². The number of aromatic nitrogens is 1. The number of anilines is 1. The average Bonchev–Trinajstić information content (AvgIpc) is 2.89. The second kappa shape index (κ2) is 5.76. The van der Waals surface area contributed by atoms with Crippen molar-refractivity contribution in [3.63, 3.8) is 0 Å². The molecule has 5 heteroatoms. The molecule has 0 fully saturated rings. The maximum atomic E-state index is 6.30. The van der Waals surface area contributed by atoms with Gasteiger partial charge in [-0.15, -0.1) is 0 Å². The molecule has 2 N–H and O–H groups in total. The molecule has 0 aliphatic rings. The molecule has 0 spiro atoms. The molecule has 21 heavy (non-hydrogen) atoms. The molecular weight excluding hydrogens is 304 g/mol. The number of hydrogen-bond acceptors (Lipinski definition) is 4. The van der Waals surface area contributed by atoms with Gasteiger partial charge in [-0.1, -0.05) is 59.3 Å². The summed E-state index contributed by atoms with van der Waals surface area (Å²) < 4.78 is 5.38. The van der Waals surface area contributed by atoms with Crippen LogP contribution in [0.15, 0.2) is 48.5 Å². The smallest absolute Gasteiger partial charge is 0.129 e. The molecule has 0 aliphatic carbocycles. The highest BCUT2D eigenvalue weighted by molar-refractivity contribution is 7.19. The fourth-order valence-electron chi connectivity index (χ4n) is 2.12. The Bertz CT molecular complexity index is 771. The second-order valence-corrected chi connectivity index (χ2v) is 5.85. The summed E-state index contributed by atoms with van der Waals surface area (Å²) in [6.45, 7) is 0. The lowest BCUT2D eigenvalue weighted by molar-refractivity contribution is 0.416. The predicted octanol–water partition coefficient (Wildman–Crippen LogP) is 4.72. The Morgan fingerprint density at radius 2 is 1.86 bits per heavy atom. The van der Waals surface area contributed by atoms with Crippen molar-refractivity contribution in [3.8, 4) is 27.6 Å². The molecule has 1 aromatic heterocycles. The largest absolute Gasteiger partial charge is 0.496 e. The number of hydrogen-bond donors (Lipinski definition) is 1. The van der Waals surface area contributed by atoms with E-state index in [0.29, 0.717) is 21.5 Å². The predicted molar refractivity (Wildman–Crippen MR) is 89.0 cm³/mol. The van der Waals surface area contributed by atoms with Gasteiger partial charge in [0.05, 0.1) is 17.7 Å². The zero-order chi connectivity index (χ0) is 14.8. The maximum Gasteiger partial charge on any atom is 0.129 e. The molecule has 0 bridgehead atoms. The lowest BCUT2D eigenvalue weighted by Gasteiger charge is -2.08. The topological polar surface area (TPSA) is 48.1 Å². The van der Waals surface area contributed by atoms with Crippen molar-refractivity contribution in [1.82, 2.24) is 4.98 Å². The summed E-state index contributed by atoms with van der Waals surface area (Å²) in [6, 6.07) is 15.4. The maximum absolute atomic E-state index is 6.30. The summed E-state index contributed by atoms with van der Waals surface area (Å²) in [6.07, 6.45) is 0. The van der Waals surface area contributed by atoms with Crippen LogP contribution >= 0.6 is 22.9 Å². The van der Waals surface area contributed by atoms with Crippen molar-refractivity contribution in [1.29, 1.82) is 0 Å². The molecule has 0 radical (unpaired) electrons. The first-order valence-electron chi connectivity index (χ1n) is 6.35. The van der Waals surface area contributed by atoms with Crippen LogP contribution in [0.1, 0.15) is 0 Å². The fourth-order valence-corrected chi connectivity index (χ4v) is 3.22. The Morgan fingerprint density at radius 3 is 2.57 bits per heavy atom. The van der Waals surface area contributed by atoms with E-state index in [0.717, 1.165) is 16.1 Å². The highest BCUT2D eigenvalue weighted by atomic mass is 35.5. The van der Waals surface area contributed by atoms with Crippen LogP contribution in [0.25, 0.3) is 21.8 Å². The number of benzene rings is 2. The monoisotopic (exact) mass is 316 g/mol. The first kappa shape index (κ1) is 13.9. The van der Waals surface area contributed by atoms with Crippen molar-refractivity contribution in [3.05, 3.63) is 53.6 Å². The summed E-state index contributed by atoms with van der Waals surface area (Å²) in [5, 5.41) is 2.07. The third-order valence-electron chi connectivity index (χ3n) is 3.11. The van der Waals surface area contributed by atoms with E-state index >= 15 is 0 Å².